The van der Waals surface area contributed by atoms with Crippen LogP contribution in [0.5, 0.6) is 0 Å². The standard InChI is InChI=1S/C5H4BrFN2.C5H5FN2.CH4.Br2/c6-4-1-3(7)2-9-5(4)8;6-4-1-2-5(7)8-3-4;;1-2/h1-2H,(H2,8,9);1-3H,(H2,7,8);1H4;. The molecular weight excluding hydrogens is 466 g/mol. The van der Waals surface area contributed by atoms with Gasteiger partial charge in [-0.1, -0.05) is 7.43 Å². The summed E-state index contributed by atoms with van der Waals surface area (Å²) in [7, 11) is 0. The van der Waals surface area contributed by atoms with Crippen molar-refractivity contribution in [2.75, 3.05) is 11.5 Å². The molecule has 0 bridgehead atoms. The molecule has 112 valence electrons. The Balaban J connectivity index is 0. The number of nitrogen functional groups attached to an aromatic ring is 2. The highest BCUT2D eigenvalue weighted by Crippen LogP contribution is 2.16. The molecule has 0 fully saturated rings. The molecule has 0 saturated carbocycles. The molecule has 0 saturated heterocycles. The van der Waals surface area contributed by atoms with Gasteiger partial charge in [-0.25, -0.2) is 18.7 Å². The van der Waals surface area contributed by atoms with E-state index < -0.39 is 5.82 Å². The van der Waals surface area contributed by atoms with Gasteiger partial charge < -0.3 is 11.5 Å². The topological polar surface area (TPSA) is 77.8 Å². The van der Waals surface area contributed by atoms with E-state index in [1.807, 2.05) is 0 Å². The quantitative estimate of drug-likeness (QED) is 0.575. The Morgan fingerprint density at radius 1 is 0.950 bits per heavy atom. The lowest BCUT2D eigenvalue weighted by Crippen LogP contribution is -1.91. The summed E-state index contributed by atoms with van der Waals surface area (Å²) < 4.78 is 24.7. The molecule has 0 radical (unpaired) electrons. The van der Waals surface area contributed by atoms with Gasteiger partial charge in [-0.3, -0.25) is 0 Å². The van der Waals surface area contributed by atoms with Gasteiger partial charge in [-0.2, -0.15) is 0 Å². The van der Waals surface area contributed by atoms with E-state index >= 15 is 0 Å². The predicted molar refractivity (Wildman–Crippen MR) is 89.5 cm³/mol. The first-order valence-electron chi connectivity index (χ1n) is 4.57. The van der Waals surface area contributed by atoms with Gasteiger partial charge in [0.2, 0.25) is 0 Å². The van der Waals surface area contributed by atoms with E-state index in [0.29, 0.717) is 16.1 Å². The molecule has 0 aliphatic rings. The van der Waals surface area contributed by atoms with Crippen LogP contribution in [0.25, 0.3) is 0 Å². The van der Waals surface area contributed by atoms with E-state index in [-0.39, 0.29) is 13.2 Å². The summed E-state index contributed by atoms with van der Waals surface area (Å²) in [6.45, 7) is 0. The van der Waals surface area contributed by atoms with Crippen molar-refractivity contribution in [3.8, 4) is 0 Å². The van der Waals surface area contributed by atoms with Crippen LogP contribution in [0.2, 0.25) is 0 Å². The highest BCUT2D eigenvalue weighted by atomic mass is 80.9. The van der Waals surface area contributed by atoms with Crippen LogP contribution < -0.4 is 11.5 Å². The van der Waals surface area contributed by atoms with Crippen molar-refractivity contribution in [2.24, 2.45) is 0 Å². The van der Waals surface area contributed by atoms with Crippen LogP contribution in [0, 0.1) is 11.6 Å². The van der Waals surface area contributed by atoms with Crippen molar-refractivity contribution >= 4 is 55.8 Å². The average molecular weight is 479 g/mol. The molecule has 2 heterocycles. The number of nitrogens with zero attached hydrogens (tertiary/aromatic N) is 2. The highest BCUT2D eigenvalue weighted by Gasteiger charge is 1.96. The number of rotatable bonds is 0. The van der Waals surface area contributed by atoms with Crippen LogP contribution in [0.3, 0.4) is 0 Å². The van der Waals surface area contributed by atoms with E-state index in [4.69, 9.17) is 11.5 Å². The Morgan fingerprint density at radius 2 is 1.50 bits per heavy atom. The van der Waals surface area contributed by atoms with E-state index in [1.165, 1.54) is 18.2 Å². The van der Waals surface area contributed by atoms with Crippen molar-refractivity contribution in [3.05, 3.63) is 46.7 Å². The van der Waals surface area contributed by atoms with Gasteiger partial charge in [0.15, 0.2) is 0 Å². The summed E-state index contributed by atoms with van der Waals surface area (Å²) in [5.41, 5.74) is 10.4. The fourth-order valence-corrected chi connectivity index (χ4v) is 1.13. The fraction of sp³-hybridized carbons (Fsp3) is 0.0909. The number of pyridine rings is 2. The number of nitrogens with two attached hydrogens (primary N) is 2. The van der Waals surface area contributed by atoms with Crippen LogP contribution in [0.15, 0.2) is 35.1 Å². The maximum Gasteiger partial charge on any atom is 0.142 e. The molecule has 0 unspecified atom stereocenters. The van der Waals surface area contributed by atoms with Gasteiger partial charge in [0.25, 0.3) is 0 Å². The van der Waals surface area contributed by atoms with Gasteiger partial charge in [-0.05, 0) is 34.1 Å². The number of anilines is 2. The average Bonchev–Trinajstić information content (AvgIpc) is 2.41. The van der Waals surface area contributed by atoms with Crippen LogP contribution in [-0.2, 0) is 0 Å². The Bertz CT molecular complexity index is 477. The van der Waals surface area contributed by atoms with Crippen molar-refractivity contribution in [2.45, 2.75) is 7.43 Å². The normalized spacial score (nSPS) is 8.25. The molecule has 0 atom stereocenters. The first-order chi connectivity index (χ1) is 8.99. The maximum absolute atomic E-state index is 12.2. The molecule has 2 aromatic heterocycles. The molecule has 20 heavy (non-hydrogen) atoms. The first-order valence-corrected chi connectivity index (χ1v) is 9.07. The zero-order valence-electron chi connectivity index (χ0n) is 9.33. The number of hydrogen-bond donors (Lipinski definition) is 2. The molecule has 0 spiro atoms. The Hall–Kier alpha value is -0.800. The third-order valence-corrected chi connectivity index (χ3v) is 2.22. The molecule has 9 heteroatoms. The minimum Gasteiger partial charge on any atom is -0.384 e. The van der Waals surface area contributed by atoms with Crippen molar-refractivity contribution in [1.82, 2.24) is 9.97 Å². The lowest BCUT2D eigenvalue weighted by molar-refractivity contribution is 0.621. The monoisotopic (exact) mass is 476 g/mol. The number of aromatic nitrogens is 2. The second-order valence-corrected chi connectivity index (χ2v) is 3.78. The van der Waals surface area contributed by atoms with Gasteiger partial charge in [0, 0.05) is 28.3 Å². The zero-order chi connectivity index (χ0) is 14.8. The Morgan fingerprint density at radius 3 is 1.85 bits per heavy atom. The summed E-state index contributed by atoms with van der Waals surface area (Å²) in [6.07, 6.45) is 2.15. The molecule has 0 amide bonds. The summed E-state index contributed by atoms with van der Waals surface area (Å²) in [4.78, 5) is 7.02. The molecular formula is C11H13Br3F2N4. The molecule has 0 aliphatic heterocycles. The predicted octanol–water partition coefficient (Wildman–Crippen LogP) is 4.70. The van der Waals surface area contributed by atoms with E-state index in [9.17, 15) is 8.78 Å². The van der Waals surface area contributed by atoms with Crippen molar-refractivity contribution < 1.29 is 8.78 Å². The lowest BCUT2D eigenvalue weighted by Gasteiger charge is -1.93. The van der Waals surface area contributed by atoms with Crippen LogP contribution in [0.4, 0.5) is 20.4 Å². The second-order valence-electron chi connectivity index (χ2n) is 2.92. The largest absolute Gasteiger partial charge is 0.384 e. The van der Waals surface area contributed by atoms with Gasteiger partial charge >= 0.3 is 0 Å². The number of hydrogen-bond acceptors (Lipinski definition) is 4. The minimum absolute atomic E-state index is 0. The van der Waals surface area contributed by atoms with E-state index in [1.54, 1.807) is 0 Å². The third-order valence-electron chi connectivity index (χ3n) is 1.59. The molecule has 4 nitrogen and oxygen atoms in total. The van der Waals surface area contributed by atoms with Gasteiger partial charge in [0.1, 0.15) is 23.3 Å². The van der Waals surface area contributed by atoms with Gasteiger partial charge in [0.05, 0.1) is 16.9 Å². The SMILES string of the molecule is BrBr.C.Nc1ccc(F)cn1.Nc1ncc(F)cc1Br. The minimum atomic E-state index is -0.393. The summed E-state index contributed by atoms with van der Waals surface area (Å²) >= 11 is 8.52. The van der Waals surface area contributed by atoms with Crippen molar-refractivity contribution in [3.63, 3.8) is 0 Å². The van der Waals surface area contributed by atoms with E-state index in [2.05, 4.69) is 54.2 Å². The molecule has 0 aromatic carbocycles. The Kier molecular flexibility index (Phi) is 12.9. The molecule has 0 aliphatic carbocycles. The maximum atomic E-state index is 12.2. The van der Waals surface area contributed by atoms with Crippen LogP contribution >= 0.6 is 44.2 Å². The van der Waals surface area contributed by atoms with Gasteiger partial charge in [-0.15, -0.1) is 0 Å². The smallest absolute Gasteiger partial charge is 0.142 e. The summed E-state index contributed by atoms with van der Waals surface area (Å²) in [6, 6.07) is 3.94. The van der Waals surface area contributed by atoms with Crippen LogP contribution in [-0.4, -0.2) is 9.97 Å². The first kappa shape index (κ1) is 21.5. The number of halogens is 5. The van der Waals surface area contributed by atoms with E-state index in [0.717, 1.165) is 12.4 Å². The van der Waals surface area contributed by atoms with Crippen LogP contribution in [0.1, 0.15) is 7.43 Å². The molecule has 4 N–H and O–H groups in total. The van der Waals surface area contributed by atoms with Crippen molar-refractivity contribution in [1.29, 1.82) is 0 Å². The molecule has 2 aromatic rings. The second kappa shape index (κ2) is 12.0. The summed E-state index contributed by atoms with van der Waals surface area (Å²) in [5, 5.41) is 0. The lowest BCUT2D eigenvalue weighted by atomic mass is 10.4. The third kappa shape index (κ3) is 9.16. The molecule has 2 rings (SSSR count). The summed E-state index contributed by atoms with van der Waals surface area (Å²) in [5.74, 6) is -0.113. The highest BCUT2D eigenvalue weighted by molar-refractivity contribution is 9.93. The zero-order valence-corrected chi connectivity index (χ0v) is 14.1. The fourth-order valence-electron chi connectivity index (χ4n) is 0.812. The Labute approximate surface area is 140 Å².